The molecule has 0 radical (unpaired) electrons. The topological polar surface area (TPSA) is 12.0 Å². The third kappa shape index (κ3) is 3.87. The van der Waals surface area contributed by atoms with E-state index >= 15 is 0 Å². The Labute approximate surface area is 129 Å². The van der Waals surface area contributed by atoms with Gasteiger partial charge in [0.15, 0.2) is 0 Å². The number of rotatable bonds is 3. The number of nitrogens with one attached hydrogen (secondary N) is 1. The van der Waals surface area contributed by atoms with Gasteiger partial charge < -0.3 is 5.32 Å². The van der Waals surface area contributed by atoms with Crippen LogP contribution in [0.3, 0.4) is 0 Å². The lowest BCUT2D eigenvalue weighted by atomic mass is 9.86. The van der Waals surface area contributed by atoms with Gasteiger partial charge in [-0.05, 0) is 60.6 Å². The first-order valence-corrected chi connectivity index (χ1v) is 7.71. The smallest absolute Gasteiger partial charge is 0.0485 e. The molecule has 1 nitrogen and oxygen atoms in total. The first-order chi connectivity index (χ1) is 9.77. The maximum Gasteiger partial charge on any atom is 0.0485 e. The molecule has 0 amide bonds. The van der Waals surface area contributed by atoms with Crippen molar-refractivity contribution in [3.8, 4) is 0 Å². The van der Waals surface area contributed by atoms with Gasteiger partial charge in [0.1, 0.15) is 0 Å². The number of benzene rings is 2. The first kappa shape index (κ1) is 15.6. The highest BCUT2D eigenvalue weighted by Gasteiger charge is 2.14. The minimum atomic E-state index is 0.212. The van der Waals surface area contributed by atoms with Crippen LogP contribution >= 0.6 is 0 Å². The Balaban J connectivity index is 2.13. The summed E-state index contributed by atoms with van der Waals surface area (Å²) in [6.45, 7) is 13.3. The van der Waals surface area contributed by atoms with E-state index in [1.54, 1.807) is 0 Å². The highest BCUT2D eigenvalue weighted by Crippen LogP contribution is 2.25. The molecule has 0 aliphatic heterocycles. The summed E-state index contributed by atoms with van der Waals surface area (Å²) in [6, 6.07) is 15.8. The first-order valence-electron chi connectivity index (χ1n) is 7.71. The molecule has 0 saturated carbocycles. The molecule has 1 heteroatoms. The van der Waals surface area contributed by atoms with Crippen LogP contribution < -0.4 is 5.32 Å². The van der Waals surface area contributed by atoms with Crippen LogP contribution in [0.15, 0.2) is 42.5 Å². The second-order valence-electron chi connectivity index (χ2n) is 7.04. The monoisotopic (exact) mass is 281 g/mol. The van der Waals surface area contributed by atoms with E-state index in [9.17, 15) is 0 Å². The Kier molecular flexibility index (Phi) is 4.41. The molecule has 0 spiro atoms. The molecule has 1 atom stereocenters. The largest absolute Gasteiger partial charge is 0.379 e. The number of aryl methyl sites for hydroxylation is 2. The van der Waals surface area contributed by atoms with Gasteiger partial charge in [-0.25, -0.2) is 0 Å². The fraction of sp³-hybridized carbons (Fsp3) is 0.400. The van der Waals surface area contributed by atoms with E-state index in [1.165, 1.54) is 27.9 Å². The molecule has 2 aromatic rings. The molecule has 1 unspecified atom stereocenters. The summed E-state index contributed by atoms with van der Waals surface area (Å²) in [5.74, 6) is 0. The number of anilines is 1. The Hall–Kier alpha value is -1.76. The van der Waals surface area contributed by atoms with Crippen LogP contribution in [0, 0.1) is 13.8 Å². The molecule has 0 aromatic heterocycles. The van der Waals surface area contributed by atoms with Gasteiger partial charge >= 0.3 is 0 Å². The van der Waals surface area contributed by atoms with Crippen molar-refractivity contribution >= 4 is 5.69 Å². The van der Waals surface area contributed by atoms with Crippen LogP contribution in [-0.2, 0) is 5.41 Å². The molecule has 0 fully saturated rings. The van der Waals surface area contributed by atoms with Crippen LogP contribution in [0.25, 0.3) is 0 Å². The van der Waals surface area contributed by atoms with Crippen molar-refractivity contribution in [2.45, 2.75) is 53.0 Å². The van der Waals surface area contributed by atoms with Crippen molar-refractivity contribution in [2.24, 2.45) is 0 Å². The summed E-state index contributed by atoms with van der Waals surface area (Å²) in [6.07, 6.45) is 0. The van der Waals surface area contributed by atoms with Crippen molar-refractivity contribution in [1.82, 2.24) is 0 Å². The molecule has 0 aliphatic rings. The normalized spacial score (nSPS) is 13.0. The Morgan fingerprint density at radius 3 is 2.00 bits per heavy atom. The fourth-order valence-electron chi connectivity index (χ4n) is 2.44. The second-order valence-corrected chi connectivity index (χ2v) is 7.04. The van der Waals surface area contributed by atoms with Gasteiger partial charge in [-0.15, -0.1) is 0 Å². The fourth-order valence-corrected chi connectivity index (χ4v) is 2.44. The molecule has 1 N–H and O–H groups in total. The third-order valence-electron chi connectivity index (χ3n) is 4.17. The zero-order valence-electron chi connectivity index (χ0n) is 14.1. The van der Waals surface area contributed by atoms with Crippen LogP contribution in [0.1, 0.15) is 56.0 Å². The van der Waals surface area contributed by atoms with Gasteiger partial charge in [-0.1, -0.05) is 51.1 Å². The minimum Gasteiger partial charge on any atom is -0.379 e. The third-order valence-corrected chi connectivity index (χ3v) is 4.17. The molecular weight excluding hydrogens is 254 g/mol. The maximum absolute atomic E-state index is 3.58. The van der Waals surface area contributed by atoms with Gasteiger partial charge in [0.05, 0.1) is 0 Å². The van der Waals surface area contributed by atoms with Crippen molar-refractivity contribution in [1.29, 1.82) is 0 Å². The van der Waals surface area contributed by atoms with Crippen LogP contribution in [0.4, 0.5) is 5.69 Å². The van der Waals surface area contributed by atoms with Crippen LogP contribution in [-0.4, -0.2) is 0 Å². The van der Waals surface area contributed by atoms with E-state index < -0.39 is 0 Å². The Bertz CT molecular complexity index is 603. The predicted molar refractivity (Wildman–Crippen MR) is 93.1 cm³/mol. The molecule has 0 heterocycles. The molecule has 2 aromatic carbocycles. The van der Waals surface area contributed by atoms with Gasteiger partial charge in [-0.3, -0.25) is 0 Å². The second kappa shape index (κ2) is 5.93. The molecule has 21 heavy (non-hydrogen) atoms. The molecule has 0 bridgehead atoms. The lowest BCUT2D eigenvalue weighted by molar-refractivity contribution is 0.589. The summed E-state index contributed by atoms with van der Waals surface area (Å²) < 4.78 is 0. The Morgan fingerprint density at radius 2 is 1.48 bits per heavy atom. The summed E-state index contributed by atoms with van der Waals surface area (Å²) >= 11 is 0. The van der Waals surface area contributed by atoms with Crippen molar-refractivity contribution in [2.75, 3.05) is 5.32 Å². The van der Waals surface area contributed by atoms with Gasteiger partial charge in [0, 0.05) is 11.7 Å². The highest BCUT2D eigenvalue weighted by atomic mass is 14.9. The standard InChI is InChI=1S/C20H27N/c1-14-7-12-19(13-15(14)2)21-16(3)17-8-10-18(11-9-17)20(4,5)6/h7-13,16,21H,1-6H3. The summed E-state index contributed by atoms with van der Waals surface area (Å²) in [4.78, 5) is 0. The molecule has 0 saturated heterocycles. The quantitative estimate of drug-likeness (QED) is 0.752. The molecular formula is C20H27N. The zero-order valence-corrected chi connectivity index (χ0v) is 14.1. The minimum absolute atomic E-state index is 0.212. The van der Waals surface area contributed by atoms with E-state index in [2.05, 4.69) is 89.3 Å². The zero-order chi connectivity index (χ0) is 15.6. The van der Waals surface area contributed by atoms with Crippen molar-refractivity contribution in [3.05, 3.63) is 64.7 Å². The Morgan fingerprint density at radius 1 is 0.857 bits per heavy atom. The lowest BCUT2D eigenvalue weighted by Gasteiger charge is -2.21. The van der Waals surface area contributed by atoms with E-state index in [0.29, 0.717) is 6.04 Å². The summed E-state index contributed by atoms with van der Waals surface area (Å²) in [5, 5.41) is 3.58. The van der Waals surface area contributed by atoms with Gasteiger partial charge in [-0.2, -0.15) is 0 Å². The maximum atomic E-state index is 3.58. The van der Waals surface area contributed by atoms with Crippen molar-refractivity contribution in [3.63, 3.8) is 0 Å². The molecule has 0 aliphatic carbocycles. The van der Waals surface area contributed by atoms with Gasteiger partial charge in [0.2, 0.25) is 0 Å². The number of hydrogen-bond donors (Lipinski definition) is 1. The van der Waals surface area contributed by atoms with E-state index in [4.69, 9.17) is 0 Å². The molecule has 2 rings (SSSR count). The predicted octanol–water partition coefficient (Wildman–Crippen LogP) is 5.77. The summed E-state index contributed by atoms with van der Waals surface area (Å²) in [5.41, 5.74) is 6.76. The summed E-state index contributed by atoms with van der Waals surface area (Å²) in [7, 11) is 0. The molecule has 112 valence electrons. The average molecular weight is 281 g/mol. The van der Waals surface area contributed by atoms with Gasteiger partial charge in [0.25, 0.3) is 0 Å². The lowest BCUT2D eigenvalue weighted by Crippen LogP contribution is -2.12. The SMILES string of the molecule is Cc1ccc(NC(C)c2ccc(C(C)(C)C)cc2)cc1C. The highest BCUT2D eigenvalue weighted by molar-refractivity contribution is 5.49. The van der Waals surface area contributed by atoms with Crippen LogP contribution in [0.5, 0.6) is 0 Å². The number of hydrogen-bond acceptors (Lipinski definition) is 1. The van der Waals surface area contributed by atoms with E-state index in [-0.39, 0.29) is 5.41 Å². The van der Waals surface area contributed by atoms with Crippen LogP contribution in [0.2, 0.25) is 0 Å². The van der Waals surface area contributed by atoms with Crippen molar-refractivity contribution < 1.29 is 0 Å². The van der Waals surface area contributed by atoms with E-state index in [1.807, 2.05) is 0 Å². The average Bonchev–Trinajstić information content (AvgIpc) is 2.42. The van der Waals surface area contributed by atoms with E-state index in [0.717, 1.165) is 0 Å².